The van der Waals surface area contributed by atoms with Crippen molar-refractivity contribution >= 4 is 46.6 Å². The van der Waals surface area contributed by atoms with Gasteiger partial charge in [-0.2, -0.15) is 0 Å². The van der Waals surface area contributed by atoms with E-state index in [0.29, 0.717) is 0 Å². The van der Waals surface area contributed by atoms with Crippen molar-refractivity contribution in [3.05, 3.63) is 48.5 Å². The fraction of sp³-hybridized carbons (Fsp3) is 0.200. The van der Waals surface area contributed by atoms with E-state index in [9.17, 15) is 19.2 Å². The number of carboxylic acids is 4. The Kier molecular flexibility index (Phi) is 8.22. The van der Waals surface area contributed by atoms with E-state index in [2.05, 4.69) is 10.2 Å². The van der Waals surface area contributed by atoms with Gasteiger partial charge in [-0.15, -0.1) is 10.2 Å². The minimum Gasteiger partial charge on any atom is -0.480 e. The number of carboxylic acid groups (broad SMARTS) is 4. The Labute approximate surface area is 181 Å². The third-order valence-electron chi connectivity index (χ3n) is 4.01. The molecule has 32 heavy (non-hydrogen) atoms. The van der Waals surface area contributed by atoms with E-state index < -0.39 is 50.1 Å². The van der Waals surface area contributed by atoms with Crippen LogP contribution in [0, 0.1) is 0 Å². The molecule has 12 heteroatoms. The van der Waals surface area contributed by atoms with Crippen LogP contribution in [0.2, 0.25) is 0 Å². The highest BCUT2D eigenvalue weighted by atomic mass is 16.4. The molecule has 2 rings (SSSR count). The van der Waals surface area contributed by atoms with Gasteiger partial charge in [0.25, 0.3) is 0 Å². The second-order valence-electron chi connectivity index (χ2n) is 6.46. The van der Waals surface area contributed by atoms with Gasteiger partial charge in [-0.05, 0) is 24.3 Å². The number of hydrogen-bond acceptors (Lipinski definition) is 8. The first-order valence-corrected chi connectivity index (χ1v) is 9.14. The number of hydrogen-bond donors (Lipinski definition) is 4. The van der Waals surface area contributed by atoms with Gasteiger partial charge >= 0.3 is 23.9 Å². The van der Waals surface area contributed by atoms with E-state index in [1.165, 1.54) is 24.3 Å². The van der Waals surface area contributed by atoms with Crippen LogP contribution < -0.4 is 9.80 Å². The molecule has 0 atom stereocenters. The lowest BCUT2D eigenvalue weighted by Gasteiger charge is -2.22. The van der Waals surface area contributed by atoms with E-state index in [1.54, 1.807) is 24.3 Å². The normalized spacial score (nSPS) is 10.6. The molecule has 0 heterocycles. The highest BCUT2D eigenvalue weighted by Gasteiger charge is 2.19. The summed E-state index contributed by atoms with van der Waals surface area (Å²) in [6.07, 6.45) is 0. The standard InChI is InChI=1S/C20H20N4O8/c25-17(26)9-23(10-18(27)28)15-7-3-1-5-13(15)21-22-14-6-2-4-8-16(14)24(11-19(29)30)12-20(31)32/h1-8H,9-12H2,(H,25,26)(H,27,28)(H,29,30)(H,31,32). The Bertz CT molecular complexity index is 926. The fourth-order valence-corrected chi connectivity index (χ4v) is 2.85. The lowest BCUT2D eigenvalue weighted by molar-refractivity contribution is -0.138. The molecule has 0 aliphatic rings. The molecule has 2 aromatic rings. The first-order chi connectivity index (χ1) is 15.2. The predicted molar refractivity (Wildman–Crippen MR) is 112 cm³/mol. The van der Waals surface area contributed by atoms with Crippen molar-refractivity contribution in [1.29, 1.82) is 0 Å². The van der Waals surface area contributed by atoms with E-state index >= 15 is 0 Å². The Morgan fingerprint density at radius 2 is 0.844 bits per heavy atom. The zero-order chi connectivity index (χ0) is 23.7. The Balaban J connectivity index is 2.44. The van der Waals surface area contributed by atoms with Gasteiger partial charge in [0, 0.05) is 0 Å². The molecule has 0 saturated heterocycles. The summed E-state index contributed by atoms with van der Waals surface area (Å²) in [4.78, 5) is 46.9. The monoisotopic (exact) mass is 444 g/mol. The molecule has 0 spiro atoms. The predicted octanol–water partition coefficient (Wildman–Crippen LogP) is 2.05. The van der Waals surface area contributed by atoms with Crippen LogP contribution in [0.25, 0.3) is 0 Å². The minimum atomic E-state index is -1.23. The number of para-hydroxylation sites is 2. The Morgan fingerprint density at radius 1 is 0.562 bits per heavy atom. The summed E-state index contributed by atoms with van der Waals surface area (Å²) >= 11 is 0. The van der Waals surface area contributed by atoms with Crippen LogP contribution in [0.3, 0.4) is 0 Å². The summed E-state index contributed by atoms with van der Waals surface area (Å²) in [5.74, 6) is -4.94. The van der Waals surface area contributed by atoms with Crippen molar-refractivity contribution in [2.45, 2.75) is 0 Å². The number of carbonyl (C=O) groups is 4. The molecule has 0 fully saturated rings. The number of nitrogens with zero attached hydrogens (tertiary/aromatic N) is 4. The van der Waals surface area contributed by atoms with E-state index in [0.717, 1.165) is 9.80 Å². The molecule has 0 radical (unpaired) electrons. The average Bonchev–Trinajstić information content (AvgIpc) is 2.70. The van der Waals surface area contributed by atoms with Crippen LogP contribution in [0.1, 0.15) is 0 Å². The van der Waals surface area contributed by atoms with Crippen LogP contribution in [0.5, 0.6) is 0 Å². The van der Waals surface area contributed by atoms with E-state index in [4.69, 9.17) is 20.4 Å². The van der Waals surface area contributed by atoms with Gasteiger partial charge in [0.1, 0.15) is 37.6 Å². The van der Waals surface area contributed by atoms with E-state index in [1.807, 2.05) is 0 Å². The number of aliphatic carboxylic acids is 4. The topological polar surface area (TPSA) is 180 Å². The molecule has 0 unspecified atom stereocenters. The van der Waals surface area contributed by atoms with Gasteiger partial charge in [-0.3, -0.25) is 19.2 Å². The molecular formula is C20H20N4O8. The van der Waals surface area contributed by atoms with Gasteiger partial charge in [-0.1, -0.05) is 24.3 Å². The summed E-state index contributed by atoms with van der Waals surface area (Å²) in [5.41, 5.74) is 0.776. The van der Waals surface area contributed by atoms with E-state index in [-0.39, 0.29) is 22.7 Å². The van der Waals surface area contributed by atoms with Crippen molar-refractivity contribution in [3.8, 4) is 0 Å². The van der Waals surface area contributed by atoms with Crippen LogP contribution in [0.15, 0.2) is 58.8 Å². The Morgan fingerprint density at radius 3 is 1.12 bits per heavy atom. The third kappa shape index (κ3) is 7.09. The number of anilines is 2. The molecule has 0 amide bonds. The molecule has 0 aliphatic heterocycles. The average molecular weight is 444 g/mol. The summed E-state index contributed by atoms with van der Waals surface area (Å²) in [5, 5.41) is 44.6. The summed E-state index contributed by atoms with van der Waals surface area (Å²) in [6, 6.07) is 12.4. The van der Waals surface area contributed by atoms with Crippen LogP contribution in [0.4, 0.5) is 22.7 Å². The molecule has 2 aromatic carbocycles. The highest BCUT2D eigenvalue weighted by molar-refractivity contribution is 5.83. The van der Waals surface area contributed by atoms with Crippen molar-refractivity contribution in [2.24, 2.45) is 10.2 Å². The first-order valence-electron chi connectivity index (χ1n) is 9.14. The highest BCUT2D eigenvalue weighted by Crippen LogP contribution is 2.33. The second kappa shape index (κ2) is 11.1. The summed E-state index contributed by atoms with van der Waals surface area (Å²) in [7, 11) is 0. The minimum absolute atomic E-state index is 0.174. The zero-order valence-electron chi connectivity index (χ0n) is 16.7. The van der Waals surface area contributed by atoms with Gasteiger partial charge in [0.2, 0.25) is 0 Å². The molecule has 0 aliphatic carbocycles. The summed E-state index contributed by atoms with van der Waals surface area (Å²) in [6.45, 7) is -2.33. The molecule has 168 valence electrons. The van der Waals surface area contributed by atoms with Crippen LogP contribution in [-0.2, 0) is 19.2 Å². The van der Waals surface area contributed by atoms with Crippen molar-refractivity contribution in [2.75, 3.05) is 36.0 Å². The SMILES string of the molecule is O=C(O)CN(CC(=O)O)c1ccccc1N=Nc1ccccc1N(CC(=O)O)CC(=O)O. The van der Waals surface area contributed by atoms with Gasteiger partial charge in [0.05, 0.1) is 11.4 Å². The quantitative estimate of drug-likeness (QED) is 0.354. The van der Waals surface area contributed by atoms with Gasteiger partial charge in [-0.25, -0.2) is 0 Å². The maximum Gasteiger partial charge on any atom is 0.323 e. The molecule has 0 aromatic heterocycles. The lowest BCUT2D eigenvalue weighted by Crippen LogP contribution is -2.34. The fourth-order valence-electron chi connectivity index (χ4n) is 2.85. The molecule has 12 nitrogen and oxygen atoms in total. The lowest BCUT2D eigenvalue weighted by atomic mass is 10.2. The molecule has 0 saturated carbocycles. The molecule has 4 N–H and O–H groups in total. The number of benzene rings is 2. The van der Waals surface area contributed by atoms with Crippen molar-refractivity contribution in [1.82, 2.24) is 0 Å². The largest absolute Gasteiger partial charge is 0.480 e. The number of azo groups is 1. The smallest absolute Gasteiger partial charge is 0.323 e. The van der Waals surface area contributed by atoms with Crippen LogP contribution >= 0.6 is 0 Å². The number of rotatable bonds is 12. The molecule has 0 bridgehead atoms. The zero-order valence-corrected chi connectivity index (χ0v) is 16.7. The van der Waals surface area contributed by atoms with Crippen LogP contribution in [-0.4, -0.2) is 70.5 Å². The third-order valence-corrected chi connectivity index (χ3v) is 4.01. The van der Waals surface area contributed by atoms with Gasteiger partial charge in [0.15, 0.2) is 0 Å². The van der Waals surface area contributed by atoms with Crippen molar-refractivity contribution < 1.29 is 39.6 Å². The first kappa shape index (κ1) is 23.8. The van der Waals surface area contributed by atoms with Crippen molar-refractivity contribution in [3.63, 3.8) is 0 Å². The molecular weight excluding hydrogens is 424 g/mol. The maximum atomic E-state index is 11.2. The second-order valence-corrected chi connectivity index (χ2v) is 6.46. The summed E-state index contributed by atoms with van der Waals surface area (Å²) < 4.78 is 0. The van der Waals surface area contributed by atoms with Gasteiger partial charge < -0.3 is 30.2 Å². The Hall–Kier alpha value is -4.48. The maximum absolute atomic E-state index is 11.2.